The lowest BCUT2D eigenvalue weighted by molar-refractivity contribution is 0.243. The smallest absolute Gasteiger partial charge is 0.326 e. The molecule has 0 unspecified atom stereocenters. The second-order valence-corrected chi connectivity index (χ2v) is 5.93. The number of nitrogens with zero attached hydrogens (tertiary/aromatic N) is 3. The highest BCUT2D eigenvalue weighted by Gasteiger charge is 2.12. The predicted octanol–water partition coefficient (Wildman–Crippen LogP) is 3.37. The molecule has 7 nitrogen and oxygen atoms in total. The number of hydrogen-bond acceptors (Lipinski definition) is 5. The zero-order chi connectivity index (χ0) is 17.9. The Kier molecular flexibility index (Phi) is 4.27. The summed E-state index contributed by atoms with van der Waals surface area (Å²) in [6.45, 7) is 2.92. The third-order valence-corrected chi connectivity index (χ3v) is 4.05. The highest BCUT2D eigenvalue weighted by Crippen LogP contribution is 2.21. The molecule has 2 heterocycles. The van der Waals surface area contributed by atoms with Crippen molar-refractivity contribution < 1.29 is 9.26 Å². The second kappa shape index (κ2) is 6.87. The van der Waals surface area contributed by atoms with E-state index in [4.69, 9.17) is 9.26 Å². The normalized spacial score (nSPS) is 11.1. The third-order valence-electron chi connectivity index (χ3n) is 4.05. The van der Waals surface area contributed by atoms with Crippen LogP contribution in [-0.4, -0.2) is 19.7 Å². The SMILES string of the molecule is CCCn1c(=O)[nH]c2cc(-c3noc(COc4ccccc4)n3)ccc21. The van der Waals surface area contributed by atoms with Crippen LogP contribution < -0.4 is 10.4 Å². The van der Waals surface area contributed by atoms with Crippen molar-refractivity contribution in [3.8, 4) is 17.1 Å². The summed E-state index contributed by atoms with van der Waals surface area (Å²) in [6.07, 6.45) is 0.893. The summed E-state index contributed by atoms with van der Waals surface area (Å²) in [5.74, 6) is 1.59. The molecule has 0 saturated carbocycles. The Balaban J connectivity index is 1.56. The van der Waals surface area contributed by atoms with Gasteiger partial charge in [0.15, 0.2) is 6.61 Å². The van der Waals surface area contributed by atoms with E-state index >= 15 is 0 Å². The summed E-state index contributed by atoms with van der Waals surface area (Å²) in [4.78, 5) is 19.3. The van der Waals surface area contributed by atoms with Gasteiger partial charge in [0.25, 0.3) is 5.89 Å². The number of benzene rings is 2. The van der Waals surface area contributed by atoms with Crippen LogP contribution in [0.4, 0.5) is 0 Å². The van der Waals surface area contributed by atoms with Crippen LogP contribution in [0, 0.1) is 0 Å². The number of nitrogens with one attached hydrogen (secondary N) is 1. The van der Waals surface area contributed by atoms with Crippen molar-refractivity contribution in [2.75, 3.05) is 0 Å². The molecule has 0 saturated heterocycles. The van der Waals surface area contributed by atoms with E-state index in [1.165, 1.54) is 0 Å². The average Bonchev–Trinajstić information content (AvgIpc) is 3.26. The fraction of sp³-hybridized carbons (Fsp3) is 0.211. The highest BCUT2D eigenvalue weighted by atomic mass is 16.5. The van der Waals surface area contributed by atoms with Crippen LogP contribution in [0.2, 0.25) is 0 Å². The topological polar surface area (TPSA) is 85.9 Å². The van der Waals surface area contributed by atoms with Gasteiger partial charge in [-0.1, -0.05) is 30.3 Å². The molecule has 0 spiro atoms. The zero-order valence-electron chi connectivity index (χ0n) is 14.3. The van der Waals surface area contributed by atoms with Crippen molar-refractivity contribution in [2.24, 2.45) is 0 Å². The first kappa shape index (κ1) is 16.1. The maximum absolute atomic E-state index is 12.0. The van der Waals surface area contributed by atoms with E-state index < -0.39 is 0 Å². The van der Waals surface area contributed by atoms with E-state index in [0.717, 1.165) is 28.8 Å². The lowest BCUT2D eigenvalue weighted by atomic mass is 10.2. The molecule has 0 aliphatic rings. The number of para-hydroxylation sites is 1. The molecular formula is C19H18N4O3. The van der Waals surface area contributed by atoms with Crippen LogP contribution in [0.3, 0.4) is 0 Å². The minimum atomic E-state index is -0.107. The number of ether oxygens (including phenoxy) is 1. The van der Waals surface area contributed by atoms with E-state index in [0.29, 0.717) is 18.3 Å². The minimum Gasteiger partial charge on any atom is -0.484 e. The van der Waals surface area contributed by atoms with Crippen LogP contribution in [0.5, 0.6) is 5.75 Å². The average molecular weight is 350 g/mol. The Bertz CT molecular complexity index is 1080. The van der Waals surface area contributed by atoms with Crippen LogP contribution in [0.1, 0.15) is 19.2 Å². The van der Waals surface area contributed by atoms with Crippen molar-refractivity contribution in [1.82, 2.24) is 19.7 Å². The van der Waals surface area contributed by atoms with Crippen LogP contribution in [0.15, 0.2) is 57.8 Å². The first-order valence-corrected chi connectivity index (χ1v) is 8.48. The quantitative estimate of drug-likeness (QED) is 0.576. The number of aryl methyl sites for hydroxylation is 1. The first-order chi connectivity index (χ1) is 12.7. The van der Waals surface area contributed by atoms with Crippen molar-refractivity contribution in [3.63, 3.8) is 0 Å². The minimum absolute atomic E-state index is 0.107. The van der Waals surface area contributed by atoms with Gasteiger partial charge < -0.3 is 14.2 Å². The standard InChI is InChI=1S/C19H18N4O3/c1-2-10-23-16-9-8-13(11-15(16)20-19(23)24)18-21-17(26-22-18)12-25-14-6-4-3-5-7-14/h3-9,11H,2,10,12H2,1H3,(H,20,24). The summed E-state index contributed by atoms with van der Waals surface area (Å²) in [6, 6.07) is 15.1. The summed E-state index contributed by atoms with van der Waals surface area (Å²) in [5, 5.41) is 4.01. The van der Waals surface area contributed by atoms with Crippen LogP contribution in [0.25, 0.3) is 22.4 Å². The number of H-pyrrole nitrogens is 1. The summed E-state index contributed by atoms with van der Waals surface area (Å²) >= 11 is 0. The Morgan fingerprint density at radius 2 is 2.04 bits per heavy atom. The van der Waals surface area contributed by atoms with Crippen molar-refractivity contribution in [3.05, 3.63) is 64.9 Å². The van der Waals surface area contributed by atoms with E-state index in [1.807, 2.05) is 55.5 Å². The molecule has 7 heteroatoms. The number of aromatic amines is 1. The number of hydrogen-bond donors (Lipinski definition) is 1. The summed E-state index contributed by atoms with van der Waals surface area (Å²) in [5.41, 5.74) is 2.30. The second-order valence-electron chi connectivity index (χ2n) is 5.93. The molecule has 0 atom stereocenters. The molecule has 0 fully saturated rings. The third kappa shape index (κ3) is 3.11. The Labute approximate surface area is 149 Å². The highest BCUT2D eigenvalue weighted by molar-refractivity contribution is 5.80. The molecular weight excluding hydrogens is 332 g/mol. The molecule has 0 aliphatic heterocycles. The molecule has 0 bridgehead atoms. The Morgan fingerprint density at radius 3 is 2.85 bits per heavy atom. The number of rotatable bonds is 6. The van der Waals surface area contributed by atoms with Gasteiger partial charge in [0.05, 0.1) is 11.0 Å². The molecule has 4 aromatic rings. The molecule has 2 aromatic heterocycles. The van der Waals surface area contributed by atoms with Crippen LogP contribution >= 0.6 is 0 Å². The van der Waals surface area contributed by atoms with Gasteiger partial charge in [0.2, 0.25) is 5.82 Å². The molecule has 0 radical (unpaired) electrons. The molecule has 132 valence electrons. The summed E-state index contributed by atoms with van der Waals surface area (Å²) < 4.78 is 12.6. The van der Waals surface area contributed by atoms with Crippen molar-refractivity contribution in [2.45, 2.75) is 26.5 Å². The van der Waals surface area contributed by atoms with Gasteiger partial charge in [-0.25, -0.2) is 4.79 Å². The molecule has 1 N–H and O–H groups in total. The number of fused-ring (bicyclic) bond motifs is 1. The Hall–Kier alpha value is -3.35. The largest absolute Gasteiger partial charge is 0.484 e. The summed E-state index contributed by atoms with van der Waals surface area (Å²) in [7, 11) is 0. The predicted molar refractivity (Wildman–Crippen MR) is 96.9 cm³/mol. The fourth-order valence-electron chi connectivity index (χ4n) is 2.84. The number of imidazole rings is 1. The zero-order valence-corrected chi connectivity index (χ0v) is 14.3. The maximum Gasteiger partial charge on any atom is 0.326 e. The first-order valence-electron chi connectivity index (χ1n) is 8.48. The lowest BCUT2D eigenvalue weighted by Crippen LogP contribution is -2.16. The van der Waals surface area contributed by atoms with Crippen molar-refractivity contribution in [1.29, 1.82) is 0 Å². The molecule has 26 heavy (non-hydrogen) atoms. The molecule has 2 aromatic carbocycles. The van der Waals surface area contributed by atoms with Gasteiger partial charge in [0, 0.05) is 12.1 Å². The van der Waals surface area contributed by atoms with Crippen molar-refractivity contribution >= 4 is 11.0 Å². The lowest BCUT2D eigenvalue weighted by Gasteiger charge is -2.01. The molecule has 4 rings (SSSR count). The fourth-order valence-corrected chi connectivity index (χ4v) is 2.84. The monoisotopic (exact) mass is 350 g/mol. The van der Waals surface area contributed by atoms with E-state index in [-0.39, 0.29) is 12.3 Å². The van der Waals surface area contributed by atoms with E-state index in [1.54, 1.807) is 4.57 Å². The molecule has 0 aliphatic carbocycles. The maximum atomic E-state index is 12.0. The van der Waals surface area contributed by atoms with Gasteiger partial charge in [0.1, 0.15) is 5.75 Å². The van der Waals surface area contributed by atoms with Gasteiger partial charge in [-0.05, 0) is 36.8 Å². The number of aromatic nitrogens is 4. The van der Waals surface area contributed by atoms with Crippen LogP contribution in [-0.2, 0) is 13.2 Å². The van der Waals surface area contributed by atoms with Gasteiger partial charge in [-0.3, -0.25) is 4.57 Å². The van der Waals surface area contributed by atoms with E-state index in [9.17, 15) is 4.79 Å². The van der Waals surface area contributed by atoms with Gasteiger partial charge >= 0.3 is 5.69 Å². The van der Waals surface area contributed by atoms with E-state index in [2.05, 4.69) is 15.1 Å². The van der Waals surface area contributed by atoms with Gasteiger partial charge in [-0.15, -0.1) is 0 Å². The Morgan fingerprint density at radius 1 is 1.19 bits per heavy atom. The van der Waals surface area contributed by atoms with Gasteiger partial charge in [-0.2, -0.15) is 4.98 Å². The molecule has 0 amide bonds.